The van der Waals surface area contributed by atoms with Crippen molar-refractivity contribution in [2.45, 2.75) is 13.5 Å². The van der Waals surface area contributed by atoms with Gasteiger partial charge in [0.1, 0.15) is 0 Å². The second-order valence-corrected chi connectivity index (χ2v) is 7.09. The third-order valence-electron chi connectivity index (χ3n) is 4.18. The van der Waals surface area contributed by atoms with Gasteiger partial charge in [-0.3, -0.25) is 9.58 Å². The number of aryl methyl sites for hydroxylation is 1. The topological polar surface area (TPSA) is 55.2 Å². The maximum Gasteiger partial charge on any atom is 0.188 e. The summed E-state index contributed by atoms with van der Waals surface area (Å²) in [5, 5.41) is 8.71. The van der Waals surface area contributed by atoms with Gasteiger partial charge in [0.15, 0.2) is 5.13 Å². The maximum atomic E-state index is 5.37. The van der Waals surface area contributed by atoms with Crippen LogP contribution in [0, 0.1) is 6.92 Å². The third-order valence-corrected chi connectivity index (χ3v) is 5.13. The number of benzene rings is 1. The number of ether oxygens (including phenoxy) is 1. The Labute approximate surface area is 145 Å². The molecule has 0 atom stereocenters. The lowest BCUT2D eigenvalue weighted by atomic mass is 10.2. The van der Waals surface area contributed by atoms with Gasteiger partial charge in [-0.15, -0.1) is 0 Å². The van der Waals surface area contributed by atoms with Crippen LogP contribution in [0.4, 0.5) is 10.8 Å². The standard InChI is InChI=1S/C17H21N5OS/c1-13-2-3-16-15(10-13)20-17(24-16)19-14-11-18-22(12-14)5-4-21-6-8-23-9-7-21/h2-3,10-12H,4-9H2,1H3,(H,19,20). The van der Waals surface area contributed by atoms with Crippen LogP contribution in [0.2, 0.25) is 0 Å². The van der Waals surface area contributed by atoms with Crippen LogP contribution in [0.1, 0.15) is 5.56 Å². The van der Waals surface area contributed by atoms with Gasteiger partial charge in [0, 0.05) is 25.8 Å². The molecular formula is C17H21N5OS. The lowest BCUT2D eigenvalue weighted by Crippen LogP contribution is -2.38. The van der Waals surface area contributed by atoms with Crippen molar-refractivity contribution in [1.29, 1.82) is 0 Å². The molecular weight excluding hydrogens is 322 g/mol. The summed E-state index contributed by atoms with van der Waals surface area (Å²) in [5.74, 6) is 0. The van der Waals surface area contributed by atoms with Crippen LogP contribution < -0.4 is 5.32 Å². The number of rotatable bonds is 5. The Morgan fingerprint density at radius 1 is 1.25 bits per heavy atom. The quantitative estimate of drug-likeness (QED) is 0.772. The predicted molar refractivity (Wildman–Crippen MR) is 97.1 cm³/mol. The molecule has 1 aliphatic rings. The predicted octanol–water partition coefficient (Wildman–Crippen LogP) is 2.88. The summed E-state index contributed by atoms with van der Waals surface area (Å²) in [6.45, 7) is 7.68. The van der Waals surface area contributed by atoms with Gasteiger partial charge in [0.2, 0.25) is 0 Å². The Hall–Kier alpha value is -1.96. The van der Waals surface area contributed by atoms with Crippen molar-refractivity contribution < 1.29 is 4.74 Å². The molecule has 1 aliphatic heterocycles. The van der Waals surface area contributed by atoms with Crippen LogP contribution in [-0.2, 0) is 11.3 Å². The lowest BCUT2D eigenvalue weighted by molar-refractivity contribution is 0.0360. The Morgan fingerprint density at radius 3 is 3.00 bits per heavy atom. The fourth-order valence-electron chi connectivity index (χ4n) is 2.83. The van der Waals surface area contributed by atoms with Gasteiger partial charge in [0.05, 0.1) is 41.9 Å². The van der Waals surface area contributed by atoms with E-state index < -0.39 is 0 Å². The minimum atomic E-state index is 0.836. The highest BCUT2D eigenvalue weighted by Gasteiger charge is 2.10. The van der Waals surface area contributed by atoms with E-state index in [1.165, 1.54) is 10.3 Å². The van der Waals surface area contributed by atoms with Gasteiger partial charge in [-0.05, 0) is 24.6 Å². The summed E-state index contributed by atoms with van der Waals surface area (Å²) < 4.78 is 8.55. The summed E-state index contributed by atoms with van der Waals surface area (Å²) >= 11 is 1.66. The maximum absolute atomic E-state index is 5.37. The zero-order chi connectivity index (χ0) is 16.4. The zero-order valence-corrected chi connectivity index (χ0v) is 14.6. The van der Waals surface area contributed by atoms with E-state index in [2.05, 4.69) is 45.4 Å². The zero-order valence-electron chi connectivity index (χ0n) is 13.7. The van der Waals surface area contributed by atoms with Crippen LogP contribution >= 0.6 is 11.3 Å². The van der Waals surface area contributed by atoms with Crippen LogP contribution in [-0.4, -0.2) is 52.5 Å². The van der Waals surface area contributed by atoms with Crippen molar-refractivity contribution in [2.24, 2.45) is 0 Å². The Balaban J connectivity index is 1.38. The molecule has 2 aromatic heterocycles. The van der Waals surface area contributed by atoms with Crippen LogP contribution in [0.15, 0.2) is 30.6 Å². The van der Waals surface area contributed by atoms with Gasteiger partial charge < -0.3 is 10.1 Å². The SMILES string of the molecule is Cc1ccc2sc(Nc3cnn(CCN4CCOCC4)c3)nc2c1. The van der Waals surface area contributed by atoms with E-state index in [9.17, 15) is 0 Å². The minimum absolute atomic E-state index is 0.836. The summed E-state index contributed by atoms with van der Waals surface area (Å²) in [6.07, 6.45) is 3.90. The first-order valence-corrected chi connectivity index (χ1v) is 9.05. The third kappa shape index (κ3) is 3.58. The van der Waals surface area contributed by atoms with E-state index in [1.54, 1.807) is 11.3 Å². The minimum Gasteiger partial charge on any atom is -0.379 e. The summed E-state index contributed by atoms with van der Waals surface area (Å²) in [6, 6.07) is 6.36. The molecule has 0 aliphatic carbocycles. The molecule has 0 spiro atoms. The summed E-state index contributed by atoms with van der Waals surface area (Å²) in [4.78, 5) is 7.06. The molecule has 6 nitrogen and oxygen atoms in total. The van der Waals surface area contributed by atoms with Crippen molar-refractivity contribution in [1.82, 2.24) is 19.7 Å². The van der Waals surface area contributed by atoms with Crippen molar-refractivity contribution in [3.8, 4) is 0 Å². The highest BCUT2D eigenvalue weighted by molar-refractivity contribution is 7.22. The van der Waals surface area contributed by atoms with E-state index in [-0.39, 0.29) is 0 Å². The van der Waals surface area contributed by atoms with Crippen molar-refractivity contribution in [2.75, 3.05) is 38.2 Å². The molecule has 0 radical (unpaired) electrons. The molecule has 1 fully saturated rings. The highest BCUT2D eigenvalue weighted by Crippen LogP contribution is 2.28. The summed E-state index contributed by atoms with van der Waals surface area (Å²) in [7, 11) is 0. The monoisotopic (exact) mass is 343 g/mol. The number of aromatic nitrogens is 3. The molecule has 1 aromatic carbocycles. The fraction of sp³-hybridized carbons (Fsp3) is 0.412. The van der Waals surface area contributed by atoms with Crippen molar-refractivity contribution in [3.05, 3.63) is 36.2 Å². The van der Waals surface area contributed by atoms with E-state index in [0.717, 1.165) is 55.7 Å². The van der Waals surface area contributed by atoms with Crippen LogP contribution in [0.3, 0.4) is 0 Å². The highest BCUT2D eigenvalue weighted by atomic mass is 32.1. The van der Waals surface area contributed by atoms with Gasteiger partial charge in [0.25, 0.3) is 0 Å². The summed E-state index contributed by atoms with van der Waals surface area (Å²) in [5.41, 5.74) is 3.25. The van der Waals surface area contributed by atoms with E-state index in [1.807, 2.05) is 17.1 Å². The molecule has 0 saturated carbocycles. The van der Waals surface area contributed by atoms with Crippen molar-refractivity contribution in [3.63, 3.8) is 0 Å². The number of fused-ring (bicyclic) bond motifs is 1. The van der Waals surface area contributed by atoms with Crippen LogP contribution in [0.25, 0.3) is 10.2 Å². The number of nitrogens with zero attached hydrogens (tertiary/aromatic N) is 4. The molecule has 24 heavy (non-hydrogen) atoms. The second-order valence-electron chi connectivity index (χ2n) is 6.06. The second kappa shape index (κ2) is 6.88. The number of hydrogen-bond acceptors (Lipinski definition) is 6. The normalized spacial score (nSPS) is 15.9. The molecule has 1 saturated heterocycles. The van der Waals surface area contributed by atoms with Gasteiger partial charge in [-0.2, -0.15) is 5.10 Å². The van der Waals surface area contributed by atoms with Crippen molar-refractivity contribution >= 4 is 32.4 Å². The van der Waals surface area contributed by atoms with Gasteiger partial charge >= 0.3 is 0 Å². The van der Waals surface area contributed by atoms with Gasteiger partial charge in [-0.1, -0.05) is 17.4 Å². The average Bonchev–Trinajstić information content (AvgIpc) is 3.20. The Morgan fingerprint density at radius 2 is 2.12 bits per heavy atom. The molecule has 1 N–H and O–H groups in total. The smallest absolute Gasteiger partial charge is 0.188 e. The first-order valence-electron chi connectivity index (χ1n) is 8.23. The van der Waals surface area contributed by atoms with E-state index >= 15 is 0 Å². The first kappa shape index (κ1) is 15.6. The van der Waals surface area contributed by atoms with Gasteiger partial charge in [-0.25, -0.2) is 4.98 Å². The molecule has 0 amide bonds. The lowest BCUT2D eigenvalue weighted by Gasteiger charge is -2.26. The molecule has 3 aromatic rings. The first-order chi connectivity index (χ1) is 11.8. The van der Waals surface area contributed by atoms with E-state index in [4.69, 9.17) is 4.74 Å². The number of thiazole rings is 1. The Kier molecular flexibility index (Phi) is 4.46. The molecule has 3 heterocycles. The molecule has 7 heteroatoms. The average molecular weight is 343 g/mol. The number of hydrogen-bond donors (Lipinski definition) is 1. The fourth-order valence-corrected chi connectivity index (χ4v) is 3.70. The molecule has 0 unspecified atom stereocenters. The molecule has 0 bridgehead atoms. The van der Waals surface area contributed by atoms with Crippen LogP contribution in [0.5, 0.6) is 0 Å². The number of morpholine rings is 1. The number of anilines is 2. The molecule has 126 valence electrons. The molecule has 4 rings (SSSR count). The number of nitrogens with one attached hydrogen (secondary N) is 1. The Bertz CT molecular complexity index is 821. The largest absolute Gasteiger partial charge is 0.379 e. The van der Waals surface area contributed by atoms with E-state index in [0.29, 0.717) is 0 Å².